The molecule has 1 atom stereocenters. The van der Waals surface area contributed by atoms with Crippen molar-refractivity contribution in [1.29, 1.82) is 0 Å². The van der Waals surface area contributed by atoms with Gasteiger partial charge < -0.3 is 10.2 Å². The van der Waals surface area contributed by atoms with Crippen molar-refractivity contribution >= 4 is 0 Å². The first kappa shape index (κ1) is 14.5. The maximum Gasteiger partial charge on any atom is 0.0853 e. The predicted octanol–water partition coefficient (Wildman–Crippen LogP) is 2.20. The second-order valence-electron chi connectivity index (χ2n) is 6.23. The minimum atomic E-state index is -0.478. The second kappa shape index (κ2) is 6.04. The second-order valence-corrected chi connectivity index (χ2v) is 6.23. The molecule has 1 unspecified atom stereocenters. The van der Waals surface area contributed by atoms with Gasteiger partial charge in [0, 0.05) is 24.5 Å². The molecule has 0 amide bonds. The van der Waals surface area contributed by atoms with Crippen molar-refractivity contribution in [2.45, 2.75) is 38.8 Å². The lowest BCUT2D eigenvalue weighted by Crippen LogP contribution is -2.40. The van der Waals surface area contributed by atoms with Crippen LogP contribution in [-0.4, -0.2) is 40.9 Å². The molecule has 1 aromatic rings. The van der Waals surface area contributed by atoms with Crippen molar-refractivity contribution in [3.63, 3.8) is 0 Å². The average Bonchev–Trinajstić information content (AvgIpc) is 3.22. The number of rotatable bonds is 7. The van der Waals surface area contributed by atoms with Gasteiger partial charge in [0.25, 0.3) is 0 Å². The van der Waals surface area contributed by atoms with Crippen molar-refractivity contribution in [1.82, 2.24) is 4.90 Å². The Morgan fingerprint density at radius 1 is 1.26 bits per heavy atom. The molecular weight excluding hydrogens is 238 g/mol. The lowest BCUT2D eigenvalue weighted by molar-refractivity contribution is 0.0143. The van der Waals surface area contributed by atoms with Gasteiger partial charge in [-0.25, -0.2) is 0 Å². The Morgan fingerprint density at radius 3 is 2.42 bits per heavy atom. The highest BCUT2D eigenvalue weighted by atomic mass is 16.3. The molecule has 3 nitrogen and oxygen atoms in total. The van der Waals surface area contributed by atoms with Gasteiger partial charge in [0.1, 0.15) is 0 Å². The highest BCUT2D eigenvalue weighted by molar-refractivity contribution is 5.19. The summed E-state index contributed by atoms with van der Waals surface area (Å²) < 4.78 is 0. The van der Waals surface area contributed by atoms with Gasteiger partial charge in [-0.15, -0.1) is 0 Å². The van der Waals surface area contributed by atoms with Crippen LogP contribution in [0, 0.1) is 5.41 Å². The molecule has 2 N–H and O–H groups in total. The number of hydrogen-bond acceptors (Lipinski definition) is 3. The molecule has 1 fully saturated rings. The monoisotopic (exact) mass is 263 g/mol. The predicted molar refractivity (Wildman–Crippen MR) is 76.9 cm³/mol. The molecule has 0 aliphatic heterocycles. The summed E-state index contributed by atoms with van der Waals surface area (Å²) in [5, 5.41) is 19.7. The molecule has 19 heavy (non-hydrogen) atoms. The maximum absolute atomic E-state index is 10.6. The zero-order valence-corrected chi connectivity index (χ0v) is 11.9. The maximum atomic E-state index is 10.6. The lowest BCUT2D eigenvalue weighted by atomic mass is 9.82. The highest BCUT2D eigenvalue weighted by Gasteiger charge is 2.36. The number of benzene rings is 1. The van der Waals surface area contributed by atoms with E-state index in [-0.39, 0.29) is 12.0 Å². The zero-order chi connectivity index (χ0) is 13.9. The lowest BCUT2D eigenvalue weighted by Gasteiger charge is -2.36. The van der Waals surface area contributed by atoms with Gasteiger partial charge in [-0.05, 0) is 18.4 Å². The topological polar surface area (TPSA) is 43.7 Å². The molecule has 106 valence electrons. The van der Waals surface area contributed by atoms with E-state index in [4.69, 9.17) is 5.11 Å². The third-order valence-corrected chi connectivity index (χ3v) is 3.92. The Morgan fingerprint density at radius 2 is 1.89 bits per heavy atom. The Hall–Kier alpha value is -0.900. The fraction of sp³-hybridized carbons (Fsp3) is 0.625. The molecule has 0 spiro atoms. The van der Waals surface area contributed by atoms with E-state index < -0.39 is 6.10 Å². The molecular formula is C16H25NO2. The Bertz CT molecular complexity index is 387. The molecule has 1 saturated carbocycles. The van der Waals surface area contributed by atoms with Gasteiger partial charge in [-0.2, -0.15) is 0 Å². The van der Waals surface area contributed by atoms with Crippen LogP contribution in [0.2, 0.25) is 0 Å². The van der Waals surface area contributed by atoms with Gasteiger partial charge in [0.05, 0.1) is 12.7 Å². The minimum Gasteiger partial charge on any atom is -0.395 e. The molecule has 0 aromatic heterocycles. The summed E-state index contributed by atoms with van der Waals surface area (Å²) in [5.74, 6) is 0. The first-order valence-corrected chi connectivity index (χ1v) is 7.12. The van der Waals surface area contributed by atoms with Crippen LogP contribution in [-0.2, 0) is 0 Å². The van der Waals surface area contributed by atoms with E-state index in [1.165, 1.54) is 12.8 Å². The van der Waals surface area contributed by atoms with Crippen LogP contribution in [0.5, 0.6) is 0 Å². The summed E-state index contributed by atoms with van der Waals surface area (Å²) >= 11 is 0. The van der Waals surface area contributed by atoms with Crippen LogP contribution in [0.1, 0.15) is 38.4 Å². The van der Waals surface area contributed by atoms with Crippen molar-refractivity contribution in [3.05, 3.63) is 35.9 Å². The van der Waals surface area contributed by atoms with Gasteiger partial charge in [0.15, 0.2) is 0 Å². The van der Waals surface area contributed by atoms with Gasteiger partial charge in [-0.1, -0.05) is 44.2 Å². The smallest absolute Gasteiger partial charge is 0.0853 e. The van der Waals surface area contributed by atoms with Crippen LogP contribution in [0.4, 0.5) is 0 Å². The van der Waals surface area contributed by atoms with E-state index in [0.717, 1.165) is 12.1 Å². The Labute approximate surface area is 115 Å². The van der Waals surface area contributed by atoms with E-state index in [1.54, 1.807) is 0 Å². The third-order valence-electron chi connectivity index (χ3n) is 3.92. The van der Waals surface area contributed by atoms with Crippen LogP contribution < -0.4 is 0 Å². The van der Waals surface area contributed by atoms with Gasteiger partial charge in [0.2, 0.25) is 0 Å². The van der Waals surface area contributed by atoms with Crippen molar-refractivity contribution in [2.24, 2.45) is 5.41 Å². The molecule has 0 bridgehead atoms. The summed E-state index contributed by atoms with van der Waals surface area (Å²) in [6, 6.07) is 10.4. The summed E-state index contributed by atoms with van der Waals surface area (Å²) in [6.07, 6.45) is 1.96. The van der Waals surface area contributed by atoms with E-state index in [1.807, 2.05) is 30.3 Å². The summed E-state index contributed by atoms with van der Waals surface area (Å²) in [5.41, 5.74) is 0.742. The first-order chi connectivity index (χ1) is 9.04. The largest absolute Gasteiger partial charge is 0.395 e. The van der Waals surface area contributed by atoms with Crippen LogP contribution in [0.15, 0.2) is 30.3 Å². The standard InChI is InChI=1S/C16H25NO2/c1-16(2,12-17(10-11-18)14-8-9-14)15(19)13-6-4-3-5-7-13/h3-7,14-15,18-19H,8-12H2,1-2H3. The summed E-state index contributed by atoms with van der Waals surface area (Å²) in [7, 11) is 0. The molecule has 1 aromatic carbocycles. The summed E-state index contributed by atoms with van der Waals surface area (Å²) in [4.78, 5) is 2.31. The van der Waals surface area contributed by atoms with E-state index in [2.05, 4.69) is 18.7 Å². The number of aliphatic hydroxyl groups excluding tert-OH is 2. The normalized spacial score (nSPS) is 17.7. The highest BCUT2D eigenvalue weighted by Crippen LogP contribution is 2.37. The molecule has 3 heteroatoms. The van der Waals surface area contributed by atoms with Crippen LogP contribution in [0.25, 0.3) is 0 Å². The zero-order valence-electron chi connectivity index (χ0n) is 11.9. The third kappa shape index (κ3) is 3.78. The van der Waals surface area contributed by atoms with Crippen molar-refractivity contribution < 1.29 is 10.2 Å². The molecule has 0 heterocycles. The summed E-state index contributed by atoms with van der Waals surface area (Å²) in [6.45, 7) is 5.90. The minimum absolute atomic E-state index is 0.189. The number of hydrogen-bond donors (Lipinski definition) is 2. The average molecular weight is 263 g/mol. The number of nitrogens with zero attached hydrogens (tertiary/aromatic N) is 1. The number of aliphatic hydroxyl groups is 2. The fourth-order valence-electron chi connectivity index (χ4n) is 2.66. The first-order valence-electron chi connectivity index (χ1n) is 7.12. The van der Waals surface area contributed by atoms with E-state index >= 15 is 0 Å². The van der Waals surface area contributed by atoms with E-state index in [9.17, 15) is 5.11 Å². The van der Waals surface area contributed by atoms with Crippen molar-refractivity contribution in [2.75, 3.05) is 19.7 Å². The SMILES string of the molecule is CC(C)(CN(CCO)C1CC1)C(O)c1ccccc1. The van der Waals surface area contributed by atoms with Crippen LogP contribution >= 0.6 is 0 Å². The quantitative estimate of drug-likeness (QED) is 0.792. The van der Waals surface area contributed by atoms with Gasteiger partial charge in [-0.3, -0.25) is 4.90 Å². The molecule has 1 aliphatic carbocycles. The Balaban J connectivity index is 2.03. The van der Waals surface area contributed by atoms with E-state index in [0.29, 0.717) is 12.6 Å². The van der Waals surface area contributed by atoms with Crippen molar-refractivity contribution in [3.8, 4) is 0 Å². The fourth-order valence-corrected chi connectivity index (χ4v) is 2.66. The molecule has 1 aliphatic rings. The Kier molecular flexibility index (Phi) is 4.61. The molecule has 2 rings (SSSR count). The molecule has 0 saturated heterocycles. The van der Waals surface area contributed by atoms with Crippen LogP contribution in [0.3, 0.4) is 0 Å². The van der Waals surface area contributed by atoms with Gasteiger partial charge >= 0.3 is 0 Å². The molecule has 0 radical (unpaired) electrons.